The summed E-state index contributed by atoms with van der Waals surface area (Å²) in [7, 11) is 8.03. The van der Waals surface area contributed by atoms with Crippen LogP contribution in [0.5, 0.6) is 0 Å². The molecule has 0 bridgehead atoms. The van der Waals surface area contributed by atoms with Gasteiger partial charge in [0.1, 0.15) is 0 Å². The lowest BCUT2D eigenvalue weighted by Crippen LogP contribution is -2.59. The van der Waals surface area contributed by atoms with Gasteiger partial charge in [-0.15, -0.1) is 0 Å². The third kappa shape index (κ3) is 14.6. The van der Waals surface area contributed by atoms with E-state index in [0.717, 1.165) is 12.1 Å². The van der Waals surface area contributed by atoms with E-state index in [4.69, 9.17) is 0 Å². The average Bonchev–Trinajstić information content (AvgIpc) is 2.91. The SMILES string of the molecule is CC(C)(C)N[C@H]1CCCC[C@@H]1N1CCC1.CN(C)[C@H]1CC(C(F)(F)F)=CC[C@@H]1NC(C)(C)C.CN[C@H]1CCCC[C@@H]1N(C)C(C)(C)C. The number of hydrogen-bond donors (Lipinski definition) is 3. The van der Waals surface area contributed by atoms with E-state index in [2.05, 4.69) is 81.4 Å². The fraction of sp³-hybridized carbons (Fsp3) is 0.947. The van der Waals surface area contributed by atoms with Crippen LogP contribution in [0.3, 0.4) is 0 Å². The number of likely N-dealkylation sites (N-methyl/N-ethyl adjacent to an activating group) is 3. The summed E-state index contributed by atoms with van der Waals surface area (Å²) in [5, 5.41) is 10.7. The van der Waals surface area contributed by atoms with Gasteiger partial charge in [0.25, 0.3) is 0 Å². The van der Waals surface area contributed by atoms with Crippen molar-refractivity contribution in [1.82, 2.24) is 30.7 Å². The quantitative estimate of drug-likeness (QED) is 0.253. The number of alkyl halides is 3. The van der Waals surface area contributed by atoms with Gasteiger partial charge in [-0.2, -0.15) is 13.2 Å². The van der Waals surface area contributed by atoms with E-state index in [1.807, 2.05) is 39.8 Å². The second kappa shape index (κ2) is 18.0. The molecule has 2 saturated carbocycles. The fourth-order valence-electron chi connectivity index (χ4n) is 7.72. The molecule has 1 aliphatic heterocycles. The molecule has 3 fully saturated rings. The molecule has 1 heterocycles. The van der Waals surface area contributed by atoms with Gasteiger partial charge in [-0.1, -0.05) is 31.8 Å². The number of hydrogen-bond acceptors (Lipinski definition) is 6. The number of nitrogens with one attached hydrogen (secondary N) is 3. The third-order valence-corrected chi connectivity index (χ3v) is 10.5. The van der Waals surface area contributed by atoms with Crippen molar-refractivity contribution in [2.45, 2.75) is 192 Å². The summed E-state index contributed by atoms with van der Waals surface area (Å²) in [4.78, 5) is 7.10. The van der Waals surface area contributed by atoms with E-state index in [1.54, 1.807) is 0 Å². The second-order valence-electron chi connectivity index (χ2n) is 18.0. The third-order valence-electron chi connectivity index (χ3n) is 10.5. The topological polar surface area (TPSA) is 45.8 Å². The van der Waals surface area contributed by atoms with Crippen LogP contribution in [0, 0.1) is 0 Å². The molecule has 0 amide bonds. The van der Waals surface area contributed by atoms with Crippen molar-refractivity contribution in [3.63, 3.8) is 0 Å². The highest BCUT2D eigenvalue weighted by Gasteiger charge is 2.40. The molecular formula is C38H75F3N6. The first-order valence-electron chi connectivity index (χ1n) is 18.7. The summed E-state index contributed by atoms with van der Waals surface area (Å²) in [6, 6.07) is 2.91. The normalized spacial score (nSPS) is 29.7. The van der Waals surface area contributed by atoms with E-state index in [1.165, 1.54) is 77.0 Å². The minimum absolute atomic E-state index is 0.0598. The van der Waals surface area contributed by atoms with Gasteiger partial charge >= 0.3 is 6.18 Å². The smallest absolute Gasteiger partial charge is 0.315 e. The lowest BCUT2D eigenvalue weighted by molar-refractivity contribution is -0.0975. The van der Waals surface area contributed by atoms with E-state index in [9.17, 15) is 13.2 Å². The van der Waals surface area contributed by atoms with Gasteiger partial charge in [0.2, 0.25) is 0 Å². The van der Waals surface area contributed by atoms with Crippen LogP contribution in [0.25, 0.3) is 0 Å². The maximum atomic E-state index is 12.7. The summed E-state index contributed by atoms with van der Waals surface area (Å²) in [6.45, 7) is 22.5. The number of halogens is 3. The second-order valence-corrected chi connectivity index (χ2v) is 18.0. The molecule has 0 radical (unpaired) electrons. The highest BCUT2D eigenvalue weighted by Crippen LogP contribution is 2.35. The monoisotopic (exact) mass is 673 g/mol. The standard InChI is InChI=1S/C13H23F3N2.C13H26N2.C12H26N2/c1-12(2,3)17-10-7-6-9(13(14,15)16)8-11(10)18(4)5;1-13(2,3)14-11-7-4-5-8-12(11)15-9-6-10-15;1-12(2,3)14(5)11-9-7-6-8-10(11)13-4/h6,10-11,17H,7-8H2,1-5H3;11-12,14H,4-10H2,1-3H3;10-11,13H,6-9H2,1-5H3/t10-,11-;11-,12-;10-,11-/m000/s1. The van der Waals surface area contributed by atoms with E-state index in [-0.39, 0.29) is 35.1 Å². The van der Waals surface area contributed by atoms with Gasteiger partial charge in [0, 0.05) is 58.4 Å². The molecule has 4 aliphatic rings. The lowest BCUT2D eigenvalue weighted by atomic mass is 9.86. The van der Waals surface area contributed by atoms with Crippen molar-refractivity contribution < 1.29 is 13.2 Å². The first kappa shape index (κ1) is 42.5. The molecule has 47 heavy (non-hydrogen) atoms. The average molecular weight is 673 g/mol. The summed E-state index contributed by atoms with van der Waals surface area (Å²) < 4.78 is 38.2. The Morgan fingerprint density at radius 2 is 1.19 bits per heavy atom. The Morgan fingerprint density at radius 3 is 1.64 bits per heavy atom. The summed E-state index contributed by atoms with van der Waals surface area (Å²) in [5.41, 5.74) is 0.0678. The van der Waals surface area contributed by atoms with Crippen LogP contribution in [0.1, 0.15) is 133 Å². The van der Waals surface area contributed by atoms with E-state index in [0.29, 0.717) is 18.5 Å². The number of rotatable bonds is 6. The Kier molecular flexibility index (Phi) is 16.2. The predicted octanol–water partition coefficient (Wildman–Crippen LogP) is 7.59. The molecule has 0 aromatic rings. The van der Waals surface area contributed by atoms with Gasteiger partial charge in [-0.05, 0) is 149 Å². The molecule has 6 atom stereocenters. The minimum atomic E-state index is -4.19. The van der Waals surface area contributed by atoms with Crippen LogP contribution in [0.2, 0.25) is 0 Å². The van der Waals surface area contributed by atoms with E-state index < -0.39 is 11.7 Å². The fourth-order valence-corrected chi connectivity index (χ4v) is 7.72. The number of nitrogens with zero attached hydrogens (tertiary/aromatic N) is 3. The zero-order chi connectivity index (χ0) is 35.8. The first-order valence-corrected chi connectivity index (χ1v) is 18.7. The van der Waals surface area contributed by atoms with Gasteiger partial charge < -0.3 is 20.9 Å². The molecule has 1 saturated heterocycles. The Bertz CT molecular complexity index is 926. The molecular weight excluding hydrogens is 597 g/mol. The highest BCUT2D eigenvalue weighted by atomic mass is 19.4. The van der Waals surface area contributed by atoms with Crippen LogP contribution in [-0.2, 0) is 0 Å². The van der Waals surface area contributed by atoms with Crippen LogP contribution >= 0.6 is 0 Å². The molecule has 3 N–H and O–H groups in total. The van der Waals surface area contributed by atoms with Gasteiger partial charge in [-0.25, -0.2) is 0 Å². The molecule has 0 aromatic carbocycles. The Morgan fingerprint density at radius 1 is 0.681 bits per heavy atom. The molecule has 6 nitrogen and oxygen atoms in total. The summed E-state index contributed by atoms with van der Waals surface area (Å²) in [5.74, 6) is 0. The molecule has 0 aromatic heterocycles. The van der Waals surface area contributed by atoms with E-state index >= 15 is 0 Å². The molecule has 0 unspecified atom stereocenters. The Hall–Kier alpha value is -0.710. The summed E-state index contributed by atoms with van der Waals surface area (Å²) in [6.07, 6.45) is 10.1. The van der Waals surface area contributed by atoms with Gasteiger partial charge in [0.15, 0.2) is 0 Å². The van der Waals surface area contributed by atoms with Crippen molar-refractivity contribution in [1.29, 1.82) is 0 Å². The summed E-state index contributed by atoms with van der Waals surface area (Å²) >= 11 is 0. The maximum absolute atomic E-state index is 12.7. The van der Waals surface area contributed by atoms with Gasteiger partial charge in [0.05, 0.1) is 0 Å². The Labute approximate surface area is 288 Å². The molecule has 278 valence electrons. The Balaban J connectivity index is 0.000000247. The molecule has 4 rings (SSSR count). The van der Waals surface area contributed by atoms with Crippen LogP contribution in [-0.4, -0.2) is 115 Å². The first-order chi connectivity index (χ1) is 21.5. The van der Waals surface area contributed by atoms with Crippen LogP contribution in [0.4, 0.5) is 13.2 Å². The zero-order valence-electron chi connectivity index (χ0n) is 32.7. The van der Waals surface area contributed by atoms with Crippen molar-refractivity contribution >= 4 is 0 Å². The minimum Gasteiger partial charge on any atom is -0.315 e. The maximum Gasteiger partial charge on any atom is 0.412 e. The van der Waals surface area contributed by atoms with Crippen molar-refractivity contribution in [2.24, 2.45) is 0 Å². The van der Waals surface area contributed by atoms with Crippen LogP contribution < -0.4 is 16.0 Å². The van der Waals surface area contributed by atoms with Crippen molar-refractivity contribution in [3.05, 3.63) is 11.6 Å². The largest absolute Gasteiger partial charge is 0.412 e. The number of likely N-dealkylation sites (tertiary alicyclic amines) is 1. The molecule has 3 aliphatic carbocycles. The lowest BCUT2D eigenvalue weighted by Gasteiger charge is -2.46. The van der Waals surface area contributed by atoms with Crippen molar-refractivity contribution in [2.75, 3.05) is 41.3 Å². The van der Waals surface area contributed by atoms with Crippen LogP contribution in [0.15, 0.2) is 11.6 Å². The van der Waals surface area contributed by atoms with Gasteiger partial charge in [-0.3, -0.25) is 9.80 Å². The highest BCUT2D eigenvalue weighted by molar-refractivity contribution is 5.17. The molecule has 0 spiro atoms. The zero-order valence-corrected chi connectivity index (χ0v) is 32.7. The predicted molar refractivity (Wildman–Crippen MR) is 195 cm³/mol. The molecule has 9 heteroatoms. The van der Waals surface area contributed by atoms with Crippen molar-refractivity contribution in [3.8, 4) is 0 Å².